The highest BCUT2D eigenvalue weighted by atomic mass is 15.3. The molecule has 3 rings (SSSR count). The molecule has 0 unspecified atom stereocenters. The minimum absolute atomic E-state index is 0.674. The van der Waals surface area contributed by atoms with Crippen LogP contribution in [0.1, 0.15) is 5.56 Å². The summed E-state index contributed by atoms with van der Waals surface area (Å²) in [5, 5.41) is 0. The molecule has 0 aliphatic rings. The number of aryl methyl sites for hydroxylation is 1. The van der Waals surface area contributed by atoms with E-state index in [-0.39, 0.29) is 0 Å². The molecular weight excluding hydrogens is 246 g/mol. The van der Waals surface area contributed by atoms with Crippen LogP contribution in [0.5, 0.6) is 0 Å². The SMILES string of the molecule is Cc1cnc(N(c2ccccc2)c2ccccc2)nc1. The fourth-order valence-corrected chi connectivity index (χ4v) is 2.04. The maximum atomic E-state index is 4.45. The first-order valence-electron chi connectivity index (χ1n) is 6.53. The van der Waals surface area contributed by atoms with Crippen LogP contribution in [0.4, 0.5) is 17.3 Å². The standard InChI is InChI=1S/C17H15N3/c1-14-12-18-17(19-13-14)20(15-8-4-2-5-9-15)16-10-6-3-7-11-16/h2-13H,1H3. The molecule has 98 valence electrons. The fraction of sp³-hybridized carbons (Fsp3) is 0.0588. The molecule has 0 saturated carbocycles. The number of nitrogens with zero attached hydrogens (tertiary/aromatic N) is 3. The summed E-state index contributed by atoms with van der Waals surface area (Å²) in [6.07, 6.45) is 3.67. The Morgan fingerprint density at radius 3 is 1.60 bits per heavy atom. The Hall–Kier alpha value is -2.68. The lowest BCUT2D eigenvalue weighted by Crippen LogP contribution is -2.12. The van der Waals surface area contributed by atoms with Crippen molar-refractivity contribution in [2.45, 2.75) is 6.92 Å². The van der Waals surface area contributed by atoms with Crippen molar-refractivity contribution in [1.82, 2.24) is 9.97 Å². The zero-order valence-electron chi connectivity index (χ0n) is 11.3. The smallest absolute Gasteiger partial charge is 0.234 e. The van der Waals surface area contributed by atoms with E-state index in [0.717, 1.165) is 16.9 Å². The lowest BCUT2D eigenvalue weighted by molar-refractivity contribution is 1.06. The molecule has 3 nitrogen and oxygen atoms in total. The zero-order valence-corrected chi connectivity index (χ0v) is 11.3. The van der Waals surface area contributed by atoms with E-state index in [0.29, 0.717) is 5.95 Å². The normalized spacial score (nSPS) is 10.2. The molecule has 0 fully saturated rings. The van der Waals surface area contributed by atoms with Gasteiger partial charge in [-0.1, -0.05) is 36.4 Å². The third-order valence-electron chi connectivity index (χ3n) is 3.00. The Balaban J connectivity index is 2.11. The minimum Gasteiger partial charge on any atom is -0.279 e. The Kier molecular flexibility index (Phi) is 3.42. The van der Waals surface area contributed by atoms with Gasteiger partial charge in [-0.3, -0.25) is 4.90 Å². The molecule has 0 N–H and O–H groups in total. The molecule has 0 atom stereocenters. The molecule has 0 aliphatic heterocycles. The molecule has 2 aromatic carbocycles. The van der Waals surface area contributed by atoms with Crippen molar-refractivity contribution in [2.24, 2.45) is 0 Å². The van der Waals surface area contributed by atoms with Gasteiger partial charge < -0.3 is 0 Å². The van der Waals surface area contributed by atoms with Gasteiger partial charge in [0.1, 0.15) is 0 Å². The van der Waals surface area contributed by atoms with Crippen LogP contribution in [-0.4, -0.2) is 9.97 Å². The second kappa shape index (κ2) is 5.53. The molecule has 1 aromatic heterocycles. The van der Waals surface area contributed by atoms with E-state index in [1.807, 2.05) is 60.6 Å². The summed E-state index contributed by atoms with van der Waals surface area (Å²) < 4.78 is 0. The fourth-order valence-electron chi connectivity index (χ4n) is 2.04. The van der Waals surface area contributed by atoms with Crippen LogP contribution in [0.25, 0.3) is 0 Å². The minimum atomic E-state index is 0.674. The van der Waals surface area contributed by atoms with Gasteiger partial charge in [-0.2, -0.15) is 0 Å². The highest BCUT2D eigenvalue weighted by Crippen LogP contribution is 2.31. The van der Waals surface area contributed by atoms with E-state index in [9.17, 15) is 0 Å². The number of anilines is 3. The molecule has 3 aromatic rings. The van der Waals surface area contributed by atoms with Crippen LogP contribution < -0.4 is 4.90 Å². The molecular formula is C17H15N3. The van der Waals surface area contributed by atoms with Crippen molar-refractivity contribution in [2.75, 3.05) is 4.90 Å². The summed E-state index contributed by atoms with van der Waals surface area (Å²) in [5.74, 6) is 0.674. The average molecular weight is 261 g/mol. The van der Waals surface area contributed by atoms with Crippen molar-refractivity contribution < 1.29 is 0 Å². The lowest BCUT2D eigenvalue weighted by atomic mass is 10.2. The molecule has 0 radical (unpaired) electrons. The third-order valence-corrected chi connectivity index (χ3v) is 3.00. The Bertz CT molecular complexity index is 624. The van der Waals surface area contributed by atoms with Gasteiger partial charge in [0.2, 0.25) is 5.95 Å². The quantitative estimate of drug-likeness (QED) is 0.705. The Labute approximate surface area is 118 Å². The number of hydrogen-bond acceptors (Lipinski definition) is 3. The van der Waals surface area contributed by atoms with Crippen molar-refractivity contribution in [3.63, 3.8) is 0 Å². The summed E-state index contributed by atoms with van der Waals surface area (Å²) in [6, 6.07) is 20.3. The van der Waals surface area contributed by atoms with E-state index in [1.165, 1.54) is 0 Å². The molecule has 1 heterocycles. The highest BCUT2D eigenvalue weighted by Gasteiger charge is 2.13. The number of benzene rings is 2. The summed E-state index contributed by atoms with van der Waals surface area (Å²) in [6.45, 7) is 1.99. The number of aromatic nitrogens is 2. The predicted octanol–water partition coefficient (Wildman–Crippen LogP) is 4.25. The van der Waals surface area contributed by atoms with E-state index in [4.69, 9.17) is 0 Å². The first-order valence-corrected chi connectivity index (χ1v) is 6.53. The maximum Gasteiger partial charge on any atom is 0.234 e. The van der Waals surface area contributed by atoms with Gasteiger partial charge >= 0.3 is 0 Å². The van der Waals surface area contributed by atoms with Gasteiger partial charge in [-0.05, 0) is 36.8 Å². The van der Waals surface area contributed by atoms with Crippen molar-refractivity contribution in [3.05, 3.63) is 78.6 Å². The van der Waals surface area contributed by atoms with E-state index >= 15 is 0 Å². The topological polar surface area (TPSA) is 29.0 Å². The third kappa shape index (κ3) is 2.52. The second-order valence-electron chi connectivity index (χ2n) is 4.57. The van der Waals surface area contributed by atoms with Crippen molar-refractivity contribution in [3.8, 4) is 0 Å². The van der Waals surface area contributed by atoms with Crippen LogP contribution in [-0.2, 0) is 0 Å². The molecule has 0 saturated heterocycles. The number of para-hydroxylation sites is 2. The lowest BCUT2D eigenvalue weighted by Gasteiger charge is -2.22. The zero-order chi connectivity index (χ0) is 13.8. The Morgan fingerprint density at radius 2 is 1.15 bits per heavy atom. The second-order valence-corrected chi connectivity index (χ2v) is 4.57. The van der Waals surface area contributed by atoms with Gasteiger partial charge in [-0.25, -0.2) is 9.97 Å². The monoisotopic (exact) mass is 261 g/mol. The van der Waals surface area contributed by atoms with Gasteiger partial charge in [0.25, 0.3) is 0 Å². The number of hydrogen-bond donors (Lipinski definition) is 0. The molecule has 0 amide bonds. The molecule has 3 heteroatoms. The summed E-state index contributed by atoms with van der Waals surface area (Å²) in [7, 11) is 0. The van der Waals surface area contributed by atoms with Gasteiger partial charge in [-0.15, -0.1) is 0 Å². The van der Waals surface area contributed by atoms with Crippen molar-refractivity contribution >= 4 is 17.3 Å². The van der Waals surface area contributed by atoms with Crippen LogP contribution in [0.2, 0.25) is 0 Å². The first kappa shape index (κ1) is 12.4. The van der Waals surface area contributed by atoms with Crippen LogP contribution in [0.15, 0.2) is 73.1 Å². The maximum absolute atomic E-state index is 4.45. The van der Waals surface area contributed by atoms with E-state index in [1.54, 1.807) is 0 Å². The van der Waals surface area contributed by atoms with Gasteiger partial charge in [0.15, 0.2) is 0 Å². The Morgan fingerprint density at radius 1 is 0.700 bits per heavy atom. The average Bonchev–Trinajstić information content (AvgIpc) is 2.52. The van der Waals surface area contributed by atoms with Crippen molar-refractivity contribution in [1.29, 1.82) is 0 Å². The van der Waals surface area contributed by atoms with Gasteiger partial charge in [0, 0.05) is 23.8 Å². The first-order chi connectivity index (χ1) is 9.84. The van der Waals surface area contributed by atoms with E-state index in [2.05, 4.69) is 34.2 Å². The molecule has 20 heavy (non-hydrogen) atoms. The molecule has 0 spiro atoms. The highest BCUT2D eigenvalue weighted by molar-refractivity contribution is 5.72. The molecule has 0 aliphatic carbocycles. The van der Waals surface area contributed by atoms with E-state index < -0.39 is 0 Å². The summed E-state index contributed by atoms with van der Waals surface area (Å²) in [4.78, 5) is 10.9. The van der Waals surface area contributed by atoms with Gasteiger partial charge in [0.05, 0.1) is 0 Å². The largest absolute Gasteiger partial charge is 0.279 e. The predicted molar refractivity (Wildman–Crippen MR) is 81.5 cm³/mol. The van der Waals surface area contributed by atoms with Crippen LogP contribution in [0, 0.1) is 6.92 Å². The van der Waals surface area contributed by atoms with Crippen LogP contribution >= 0.6 is 0 Å². The summed E-state index contributed by atoms with van der Waals surface area (Å²) >= 11 is 0. The van der Waals surface area contributed by atoms with Crippen LogP contribution in [0.3, 0.4) is 0 Å². The summed E-state index contributed by atoms with van der Waals surface area (Å²) in [5.41, 5.74) is 3.14. The number of rotatable bonds is 3. The molecule has 0 bridgehead atoms.